The molecule has 0 radical (unpaired) electrons. The van der Waals surface area contributed by atoms with Gasteiger partial charge in [0.05, 0.1) is 12.3 Å². The number of anilines is 1. The van der Waals surface area contributed by atoms with Gasteiger partial charge in [0.15, 0.2) is 0 Å². The number of amides is 2. The molecule has 0 aliphatic carbocycles. The first kappa shape index (κ1) is 21.0. The van der Waals surface area contributed by atoms with Gasteiger partial charge < -0.3 is 10.2 Å². The van der Waals surface area contributed by atoms with E-state index < -0.39 is 0 Å². The topological polar surface area (TPSA) is 49.4 Å². The molecule has 4 nitrogen and oxygen atoms in total. The van der Waals surface area contributed by atoms with Crippen LogP contribution in [0, 0.1) is 20.8 Å². The lowest BCUT2D eigenvalue weighted by molar-refractivity contribution is -0.131. The molecule has 0 saturated heterocycles. The SMILES string of the molecule is CCc1ccccc1NC(=O)CN(C)C(=O)CSc1c(C)cc(C)cc1C. The Morgan fingerprint density at radius 1 is 1.07 bits per heavy atom. The van der Waals surface area contributed by atoms with E-state index in [0.717, 1.165) is 22.6 Å². The van der Waals surface area contributed by atoms with E-state index in [1.807, 2.05) is 31.2 Å². The fourth-order valence-electron chi connectivity index (χ4n) is 3.08. The van der Waals surface area contributed by atoms with Gasteiger partial charge in [0.2, 0.25) is 11.8 Å². The highest BCUT2D eigenvalue weighted by Gasteiger charge is 2.15. The maximum atomic E-state index is 12.4. The van der Waals surface area contributed by atoms with E-state index in [1.165, 1.54) is 33.4 Å². The predicted octanol–water partition coefficient (Wildman–Crippen LogP) is 4.36. The van der Waals surface area contributed by atoms with Crippen molar-refractivity contribution >= 4 is 29.3 Å². The van der Waals surface area contributed by atoms with Gasteiger partial charge in [0.25, 0.3) is 0 Å². The average molecular weight is 385 g/mol. The average Bonchev–Trinajstić information content (AvgIpc) is 2.60. The first-order valence-corrected chi connectivity index (χ1v) is 10.1. The summed E-state index contributed by atoms with van der Waals surface area (Å²) in [6.07, 6.45) is 0.844. The molecule has 0 aliphatic rings. The van der Waals surface area contributed by atoms with Gasteiger partial charge >= 0.3 is 0 Å². The first-order valence-electron chi connectivity index (χ1n) is 9.14. The summed E-state index contributed by atoms with van der Waals surface area (Å²) in [6, 6.07) is 12.0. The molecule has 0 saturated carbocycles. The van der Waals surface area contributed by atoms with Gasteiger partial charge in [-0.3, -0.25) is 9.59 Å². The summed E-state index contributed by atoms with van der Waals surface area (Å²) >= 11 is 1.53. The van der Waals surface area contributed by atoms with Gasteiger partial charge in [0.1, 0.15) is 0 Å². The lowest BCUT2D eigenvalue weighted by Gasteiger charge is -2.18. The maximum absolute atomic E-state index is 12.4. The van der Waals surface area contributed by atoms with E-state index in [-0.39, 0.29) is 18.4 Å². The summed E-state index contributed by atoms with van der Waals surface area (Å²) in [5.74, 6) is 0.0813. The second-order valence-electron chi connectivity index (χ2n) is 6.83. The molecule has 2 amide bonds. The molecular weight excluding hydrogens is 356 g/mol. The van der Waals surface area contributed by atoms with Crippen LogP contribution in [0.2, 0.25) is 0 Å². The van der Waals surface area contributed by atoms with Crippen LogP contribution < -0.4 is 5.32 Å². The molecule has 0 aromatic heterocycles. The number of rotatable bonds is 7. The predicted molar refractivity (Wildman–Crippen MR) is 113 cm³/mol. The van der Waals surface area contributed by atoms with Crippen molar-refractivity contribution in [2.24, 2.45) is 0 Å². The minimum absolute atomic E-state index is 0.0449. The molecule has 5 heteroatoms. The van der Waals surface area contributed by atoms with E-state index in [1.54, 1.807) is 7.05 Å². The zero-order chi connectivity index (χ0) is 20.0. The molecule has 0 spiro atoms. The third-order valence-electron chi connectivity index (χ3n) is 4.42. The van der Waals surface area contributed by atoms with E-state index in [2.05, 4.69) is 38.2 Å². The number of likely N-dealkylation sites (N-methyl/N-ethyl adjacent to an activating group) is 1. The molecule has 0 aliphatic heterocycles. The van der Waals surface area contributed by atoms with Crippen LogP contribution in [-0.2, 0) is 16.0 Å². The lowest BCUT2D eigenvalue weighted by Crippen LogP contribution is -2.36. The Morgan fingerprint density at radius 2 is 1.70 bits per heavy atom. The van der Waals surface area contributed by atoms with Crippen molar-refractivity contribution in [3.63, 3.8) is 0 Å². The third-order valence-corrected chi connectivity index (χ3v) is 5.75. The standard InChI is InChI=1S/C22H28N2O2S/c1-6-18-9-7-8-10-19(18)23-20(25)13-24(5)21(26)14-27-22-16(3)11-15(2)12-17(22)4/h7-12H,6,13-14H2,1-5H3,(H,23,25). The van der Waals surface area contributed by atoms with Crippen molar-refractivity contribution in [2.45, 2.75) is 39.0 Å². The maximum Gasteiger partial charge on any atom is 0.243 e. The third kappa shape index (κ3) is 5.86. The zero-order valence-corrected chi connectivity index (χ0v) is 17.6. The highest BCUT2D eigenvalue weighted by atomic mass is 32.2. The summed E-state index contributed by atoms with van der Waals surface area (Å²) in [5, 5.41) is 2.91. The highest BCUT2D eigenvalue weighted by Crippen LogP contribution is 2.27. The molecule has 0 bridgehead atoms. The fourth-order valence-corrected chi connectivity index (χ4v) is 4.14. The smallest absolute Gasteiger partial charge is 0.243 e. The lowest BCUT2D eigenvalue weighted by atomic mass is 10.1. The van der Waals surface area contributed by atoms with E-state index in [0.29, 0.717) is 5.75 Å². The molecule has 0 heterocycles. The Bertz CT molecular complexity index is 810. The Hall–Kier alpha value is -2.27. The molecule has 0 unspecified atom stereocenters. The van der Waals surface area contributed by atoms with Crippen molar-refractivity contribution in [2.75, 3.05) is 24.7 Å². The van der Waals surface area contributed by atoms with E-state index >= 15 is 0 Å². The molecule has 27 heavy (non-hydrogen) atoms. The number of para-hydroxylation sites is 1. The van der Waals surface area contributed by atoms with Gasteiger partial charge in [-0.15, -0.1) is 11.8 Å². The molecule has 0 fully saturated rings. The van der Waals surface area contributed by atoms with E-state index in [9.17, 15) is 9.59 Å². The quantitative estimate of drug-likeness (QED) is 0.722. The summed E-state index contributed by atoms with van der Waals surface area (Å²) < 4.78 is 0. The van der Waals surface area contributed by atoms with Crippen molar-refractivity contribution in [1.82, 2.24) is 4.90 Å². The van der Waals surface area contributed by atoms with Crippen LogP contribution in [0.15, 0.2) is 41.3 Å². The highest BCUT2D eigenvalue weighted by molar-refractivity contribution is 8.00. The van der Waals surface area contributed by atoms with Crippen LogP contribution in [0.1, 0.15) is 29.2 Å². The molecule has 2 rings (SSSR count). The number of aryl methyl sites for hydroxylation is 4. The molecule has 144 valence electrons. The summed E-state index contributed by atoms with van der Waals surface area (Å²) in [6.45, 7) is 8.29. The normalized spacial score (nSPS) is 10.6. The van der Waals surface area contributed by atoms with E-state index in [4.69, 9.17) is 0 Å². The van der Waals surface area contributed by atoms with Gasteiger partial charge in [-0.1, -0.05) is 42.8 Å². The van der Waals surface area contributed by atoms with Gasteiger partial charge in [0, 0.05) is 17.6 Å². The number of thioether (sulfide) groups is 1. The zero-order valence-electron chi connectivity index (χ0n) is 16.8. The van der Waals surface area contributed by atoms with Gasteiger partial charge in [-0.2, -0.15) is 0 Å². The van der Waals surface area contributed by atoms with Crippen LogP contribution >= 0.6 is 11.8 Å². The fraction of sp³-hybridized carbons (Fsp3) is 0.364. The number of nitrogens with zero attached hydrogens (tertiary/aromatic N) is 1. The molecule has 0 atom stereocenters. The monoisotopic (exact) mass is 384 g/mol. The van der Waals surface area contributed by atoms with Crippen LogP contribution in [0.5, 0.6) is 0 Å². The minimum atomic E-state index is -0.181. The number of hydrogen-bond donors (Lipinski definition) is 1. The van der Waals surface area contributed by atoms with Gasteiger partial charge in [-0.05, 0) is 49.9 Å². The second-order valence-corrected chi connectivity index (χ2v) is 7.81. The Labute approximate surface area is 166 Å². The van der Waals surface area contributed by atoms with Crippen LogP contribution in [0.25, 0.3) is 0 Å². The number of benzene rings is 2. The molecular formula is C22H28N2O2S. The Kier molecular flexibility index (Phi) is 7.48. The minimum Gasteiger partial charge on any atom is -0.336 e. The Morgan fingerprint density at radius 3 is 2.33 bits per heavy atom. The molecule has 2 aromatic rings. The molecule has 1 N–H and O–H groups in total. The van der Waals surface area contributed by atoms with Crippen molar-refractivity contribution in [3.8, 4) is 0 Å². The first-order chi connectivity index (χ1) is 12.8. The van der Waals surface area contributed by atoms with Crippen LogP contribution in [0.3, 0.4) is 0 Å². The Balaban J connectivity index is 1.91. The largest absolute Gasteiger partial charge is 0.336 e. The summed E-state index contributed by atoms with van der Waals surface area (Å²) in [7, 11) is 1.67. The second kappa shape index (κ2) is 9.60. The molecule has 2 aromatic carbocycles. The summed E-state index contributed by atoms with van der Waals surface area (Å²) in [5.41, 5.74) is 5.48. The number of nitrogens with one attached hydrogen (secondary N) is 1. The van der Waals surface area contributed by atoms with Crippen LogP contribution in [0.4, 0.5) is 5.69 Å². The number of carbonyl (C=O) groups is 2. The van der Waals surface area contributed by atoms with Crippen LogP contribution in [-0.4, -0.2) is 36.1 Å². The van der Waals surface area contributed by atoms with Crippen molar-refractivity contribution in [1.29, 1.82) is 0 Å². The van der Waals surface area contributed by atoms with Gasteiger partial charge in [-0.25, -0.2) is 0 Å². The van der Waals surface area contributed by atoms with Crippen molar-refractivity contribution < 1.29 is 9.59 Å². The number of carbonyl (C=O) groups excluding carboxylic acids is 2. The summed E-state index contributed by atoms with van der Waals surface area (Å²) in [4.78, 5) is 27.4. The van der Waals surface area contributed by atoms with Crippen molar-refractivity contribution in [3.05, 3.63) is 58.7 Å². The number of hydrogen-bond acceptors (Lipinski definition) is 3.